The Morgan fingerprint density at radius 3 is 2.21 bits per heavy atom. The van der Waals surface area contributed by atoms with Crippen LogP contribution in [-0.4, -0.2) is 43.2 Å². The van der Waals surface area contributed by atoms with Crippen LogP contribution >= 0.6 is 0 Å². The number of benzene rings is 1. The summed E-state index contributed by atoms with van der Waals surface area (Å²) in [4.78, 5) is 4.79. The van der Waals surface area contributed by atoms with Crippen molar-refractivity contribution in [1.29, 1.82) is 0 Å². The van der Waals surface area contributed by atoms with Crippen molar-refractivity contribution in [1.82, 2.24) is 4.90 Å². The molecule has 2 N–H and O–H groups in total. The van der Waals surface area contributed by atoms with E-state index in [0.29, 0.717) is 6.54 Å². The van der Waals surface area contributed by atoms with E-state index in [2.05, 4.69) is 23.6 Å². The predicted octanol–water partition coefficient (Wildman–Crippen LogP) is 2.08. The Morgan fingerprint density at radius 2 is 1.74 bits per heavy atom. The van der Waals surface area contributed by atoms with Gasteiger partial charge >= 0.3 is 0 Å². The van der Waals surface area contributed by atoms with E-state index in [4.69, 9.17) is 5.73 Å². The van der Waals surface area contributed by atoms with E-state index < -0.39 is 0 Å². The zero-order valence-electron chi connectivity index (χ0n) is 11.9. The van der Waals surface area contributed by atoms with Crippen LogP contribution in [0.2, 0.25) is 0 Å². The van der Waals surface area contributed by atoms with Crippen molar-refractivity contribution in [2.24, 2.45) is 5.73 Å². The van der Waals surface area contributed by atoms with Gasteiger partial charge in [0.1, 0.15) is 5.82 Å². The summed E-state index contributed by atoms with van der Waals surface area (Å²) in [6.07, 6.45) is 1.07. The van der Waals surface area contributed by atoms with Crippen molar-refractivity contribution in [2.75, 3.05) is 37.6 Å². The normalized spacial score (nSPS) is 20.3. The average Bonchev–Trinajstić information content (AvgIpc) is 2.47. The van der Waals surface area contributed by atoms with Crippen LogP contribution in [0.3, 0.4) is 0 Å². The molecule has 1 heterocycles. The highest BCUT2D eigenvalue weighted by molar-refractivity contribution is 5.46. The van der Waals surface area contributed by atoms with Gasteiger partial charge in [0.05, 0.1) is 0 Å². The van der Waals surface area contributed by atoms with Crippen molar-refractivity contribution >= 4 is 5.69 Å². The van der Waals surface area contributed by atoms with Gasteiger partial charge in [0.25, 0.3) is 0 Å². The van der Waals surface area contributed by atoms with Crippen LogP contribution in [-0.2, 0) is 0 Å². The molecule has 1 unspecified atom stereocenters. The fourth-order valence-corrected chi connectivity index (χ4v) is 2.65. The lowest BCUT2D eigenvalue weighted by Crippen LogP contribution is -2.58. The van der Waals surface area contributed by atoms with Gasteiger partial charge < -0.3 is 10.6 Å². The van der Waals surface area contributed by atoms with Gasteiger partial charge in [0.15, 0.2) is 0 Å². The summed E-state index contributed by atoms with van der Waals surface area (Å²) >= 11 is 0. The maximum Gasteiger partial charge on any atom is 0.123 e. The van der Waals surface area contributed by atoms with Crippen LogP contribution in [0.25, 0.3) is 0 Å². The van der Waals surface area contributed by atoms with Crippen LogP contribution in [0.5, 0.6) is 0 Å². The fourth-order valence-electron chi connectivity index (χ4n) is 2.65. The quantitative estimate of drug-likeness (QED) is 0.904. The Morgan fingerprint density at radius 1 is 1.16 bits per heavy atom. The molecular formula is C15H24FN3. The molecule has 4 heteroatoms. The minimum atomic E-state index is -0.177. The van der Waals surface area contributed by atoms with Gasteiger partial charge in [-0.1, -0.05) is 6.92 Å². The Hall–Kier alpha value is -1.13. The van der Waals surface area contributed by atoms with Gasteiger partial charge in [0.2, 0.25) is 0 Å². The average molecular weight is 265 g/mol. The second kappa shape index (κ2) is 5.88. The van der Waals surface area contributed by atoms with Crippen molar-refractivity contribution in [2.45, 2.75) is 25.8 Å². The van der Waals surface area contributed by atoms with Crippen LogP contribution in [0.15, 0.2) is 24.3 Å². The summed E-state index contributed by atoms with van der Waals surface area (Å²) in [5, 5.41) is 0. The topological polar surface area (TPSA) is 32.5 Å². The Bertz CT molecular complexity index is 392. The van der Waals surface area contributed by atoms with E-state index in [0.717, 1.165) is 38.3 Å². The van der Waals surface area contributed by atoms with E-state index in [-0.39, 0.29) is 11.4 Å². The molecule has 3 nitrogen and oxygen atoms in total. The van der Waals surface area contributed by atoms with Crippen molar-refractivity contribution in [3.8, 4) is 0 Å². The predicted molar refractivity (Wildman–Crippen MR) is 77.9 cm³/mol. The summed E-state index contributed by atoms with van der Waals surface area (Å²) in [5.74, 6) is -0.177. The molecule has 0 spiro atoms. The van der Waals surface area contributed by atoms with Crippen LogP contribution in [0.1, 0.15) is 20.3 Å². The van der Waals surface area contributed by atoms with Crippen molar-refractivity contribution in [3.63, 3.8) is 0 Å². The molecule has 0 bridgehead atoms. The number of rotatable bonds is 4. The number of piperazine rings is 1. The summed E-state index contributed by atoms with van der Waals surface area (Å²) in [5.41, 5.74) is 7.12. The Labute approximate surface area is 115 Å². The second-order valence-corrected chi connectivity index (χ2v) is 5.51. The molecule has 0 aromatic heterocycles. The summed E-state index contributed by atoms with van der Waals surface area (Å²) in [6.45, 7) is 9.10. The monoisotopic (exact) mass is 265 g/mol. The number of halogens is 1. The molecule has 1 saturated heterocycles. The first-order chi connectivity index (χ1) is 9.09. The molecule has 0 saturated carbocycles. The van der Waals surface area contributed by atoms with Crippen LogP contribution in [0, 0.1) is 5.82 Å². The molecule has 1 aromatic rings. The molecule has 19 heavy (non-hydrogen) atoms. The molecule has 0 amide bonds. The number of nitrogens with two attached hydrogens (primary N) is 1. The molecule has 0 radical (unpaired) electrons. The van der Waals surface area contributed by atoms with Crippen molar-refractivity contribution < 1.29 is 4.39 Å². The van der Waals surface area contributed by atoms with Gasteiger partial charge in [-0.2, -0.15) is 0 Å². The molecule has 1 aliphatic heterocycles. The van der Waals surface area contributed by atoms with Gasteiger partial charge in [-0.3, -0.25) is 4.90 Å². The van der Waals surface area contributed by atoms with Gasteiger partial charge in [0, 0.05) is 44.0 Å². The lowest BCUT2D eigenvalue weighted by atomic mass is 9.95. The highest BCUT2D eigenvalue weighted by Gasteiger charge is 2.31. The molecule has 0 aliphatic carbocycles. The summed E-state index contributed by atoms with van der Waals surface area (Å²) in [7, 11) is 0. The van der Waals surface area contributed by atoms with E-state index in [1.54, 1.807) is 0 Å². The molecule has 106 valence electrons. The zero-order chi connectivity index (χ0) is 13.9. The molecule has 1 aromatic carbocycles. The number of anilines is 1. The molecule has 1 aliphatic rings. The maximum absolute atomic E-state index is 12.9. The van der Waals surface area contributed by atoms with E-state index in [9.17, 15) is 4.39 Å². The standard InChI is InChI=1S/C15H24FN3/c1-3-15(2,12-17)19-10-8-18(9-11-19)14-6-4-13(16)5-7-14/h4-7H,3,8-12,17H2,1-2H3. The smallest absolute Gasteiger partial charge is 0.123 e. The minimum absolute atomic E-state index is 0.106. The fraction of sp³-hybridized carbons (Fsp3) is 0.600. The van der Waals surface area contributed by atoms with Gasteiger partial charge in [-0.25, -0.2) is 4.39 Å². The molecule has 2 rings (SSSR count). The number of hydrogen-bond acceptors (Lipinski definition) is 3. The Balaban J connectivity index is 1.97. The van der Waals surface area contributed by atoms with E-state index >= 15 is 0 Å². The van der Waals surface area contributed by atoms with E-state index in [1.807, 2.05) is 12.1 Å². The highest BCUT2D eigenvalue weighted by Crippen LogP contribution is 2.23. The second-order valence-electron chi connectivity index (χ2n) is 5.51. The summed E-state index contributed by atoms with van der Waals surface area (Å²) < 4.78 is 12.9. The SMILES string of the molecule is CCC(C)(CN)N1CCN(c2ccc(F)cc2)CC1. The van der Waals surface area contributed by atoms with Crippen molar-refractivity contribution in [3.05, 3.63) is 30.1 Å². The first-order valence-corrected chi connectivity index (χ1v) is 7.04. The largest absolute Gasteiger partial charge is 0.369 e. The summed E-state index contributed by atoms with van der Waals surface area (Å²) in [6, 6.07) is 6.76. The third kappa shape index (κ3) is 3.07. The first kappa shape index (κ1) is 14.3. The maximum atomic E-state index is 12.9. The minimum Gasteiger partial charge on any atom is -0.369 e. The first-order valence-electron chi connectivity index (χ1n) is 7.04. The third-order valence-electron chi connectivity index (χ3n) is 4.44. The third-order valence-corrected chi connectivity index (χ3v) is 4.44. The van der Waals surface area contributed by atoms with Gasteiger partial charge in [-0.15, -0.1) is 0 Å². The molecule has 1 fully saturated rings. The van der Waals surface area contributed by atoms with E-state index in [1.165, 1.54) is 12.1 Å². The number of nitrogens with zero attached hydrogens (tertiary/aromatic N) is 2. The highest BCUT2D eigenvalue weighted by atomic mass is 19.1. The number of hydrogen-bond donors (Lipinski definition) is 1. The lowest BCUT2D eigenvalue weighted by Gasteiger charge is -2.45. The molecule has 1 atom stereocenters. The zero-order valence-corrected chi connectivity index (χ0v) is 11.9. The van der Waals surface area contributed by atoms with Crippen LogP contribution in [0.4, 0.5) is 10.1 Å². The molecular weight excluding hydrogens is 241 g/mol. The Kier molecular flexibility index (Phi) is 4.42. The lowest BCUT2D eigenvalue weighted by molar-refractivity contribution is 0.0988. The van der Waals surface area contributed by atoms with Gasteiger partial charge in [-0.05, 0) is 37.6 Å². The van der Waals surface area contributed by atoms with Crippen LogP contribution < -0.4 is 10.6 Å².